The van der Waals surface area contributed by atoms with E-state index in [0.29, 0.717) is 12.8 Å². The highest BCUT2D eigenvalue weighted by atomic mass is 16.6. The van der Waals surface area contributed by atoms with Crippen molar-refractivity contribution in [2.24, 2.45) is 21.7 Å². The van der Waals surface area contributed by atoms with Crippen molar-refractivity contribution in [2.75, 3.05) is 240 Å². The van der Waals surface area contributed by atoms with Gasteiger partial charge in [0.05, 0.1) is 284 Å². The lowest BCUT2D eigenvalue weighted by Gasteiger charge is -2.33. The number of nitrogens with one attached hydrogen (secondary N) is 4. The molecule has 44 nitrogen and oxygen atoms in total. The molecule has 1 rings (SSSR count). The van der Waals surface area contributed by atoms with Crippen molar-refractivity contribution in [3.8, 4) is 0 Å². The van der Waals surface area contributed by atoms with Crippen LogP contribution < -0.4 is 21.3 Å². The molecule has 11 N–H and O–H groups in total. The maximum Gasteiger partial charge on any atom is 0.308 e. The summed E-state index contributed by atoms with van der Waals surface area (Å²) in [5, 5.41) is 71.3. The molecule has 0 saturated heterocycles. The minimum atomic E-state index is -1.02. The summed E-state index contributed by atoms with van der Waals surface area (Å²) in [6.07, 6.45) is 1.22. The standard InChI is InChI=1S/C28H44N2O9.C21H38N2O9.2C18H30O11.CH4/c1-4-24(31)10-14-35-19-28(20-36-15-11-25(32)29-2,21-37-16-12-26(33)30-3)22-38-17-13-27(34)39-18-23-8-6-5-7-9-23;1-4-17(24)5-9-29-13-21(16-32-12-8-20(27)28,14-30-10-6-18(25)22-2)15-31-11-7-19(26)23-3;2*1-14(19)2-6-26-10-18(11-27-7-3-15(20)21,12-28-8-4-16(22)23)13-29-9-5-17(24)25;/h5-9H,4,10-22H2,1-3H3,(H,29,32)(H,30,33);4-16H2,1-3H3,(H,22,25)(H,23,26)(H,27,28);2*2-13H2,1H3,(H,20,21)(H,22,23)(H,24,25);1H4. The first-order valence-electron chi connectivity index (χ1n) is 42.3. The second-order valence-electron chi connectivity index (χ2n) is 29.6. The van der Waals surface area contributed by atoms with Crippen LogP contribution >= 0.6 is 0 Å². The summed E-state index contributed by atoms with van der Waals surface area (Å²) in [7, 11) is 6.18. The number of esters is 1. The maximum atomic E-state index is 12.2. The number of ether oxygens (including phenoxy) is 17. The highest BCUT2D eigenvalue weighted by Crippen LogP contribution is 2.26. The van der Waals surface area contributed by atoms with Crippen LogP contribution in [0, 0.1) is 21.7 Å². The number of rotatable bonds is 84. The van der Waals surface area contributed by atoms with Crippen molar-refractivity contribution in [2.45, 2.75) is 157 Å². The molecule has 1 aromatic carbocycles. The number of ketones is 4. The Balaban J connectivity index is -0.000000819. The van der Waals surface area contributed by atoms with Crippen molar-refractivity contribution < 1.29 is 193 Å². The van der Waals surface area contributed by atoms with Gasteiger partial charge >= 0.3 is 47.8 Å². The Labute approximate surface area is 760 Å². The van der Waals surface area contributed by atoms with Crippen LogP contribution in [0.15, 0.2) is 30.3 Å². The molecule has 0 aliphatic rings. The minimum Gasteiger partial charge on any atom is -0.481 e. The molecule has 0 saturated carbocycles. The van der Waals surface area contributed by atoms with Gasteiger partial charge < -0.3 is 138 Å². The average molecular weight is 1880 g/mol. The number of amides is 4. The Kier molecular flexibility index (Phi) is 81.2. The van der Waals surface area contributed by atoms with Crippen LogP contribution in [-0.4, -0.2) is 370 Å². The van der Waals surface area contributed by atoms with Crippen LogP contribution in [0.5, 0.6) is 0 Å². The summed E-state index contributed by atoms with van der Waals surface area (Å²) in [4.78, 5) is 178. The van der Waals surface area contributed by atoms with E-state index in [-0.39, 0.29) is 381 Å². The lowest BCUT2D eigenvalue weighted by Crippen LogP contribution is -2.42. The zero-order valence-electron chi connectivity index (χ0n) is 76.1. The molecule has 0 spiro atoms. The van der Waals surface area contributed by atoms with Crippen LogP contribution in [0.3, 0.4) is 0 Å². The number of carboxylic acid groups (broad SMARTS) is 7. The molecule has 0 aliphatic carbocycles. The fourth-order valence-electron chi connectivity index (χ4n) is 10.0. The number of carbonyl (C=O) groups is 16. The molecular weight excluding hydrogens is 1730 g/mol. The molecule has 130 heavy (non-hydrogen) atoms. The number of benzene rings is 1. The second kappa shape index (κ2) is 83.0. The molecule has 0 unspecified atom stereocenters. The van der Waals surface area contributed by atoms with Crippen molar-refractivity contribution >= 4 is 94.5 Å². The number of carboxylic acids is 7. The van der Waals surface area contributed by atoms with Crippen molar-refractivity contribution in [1.29, 1.82) is 0 Å². The van der Waals surface area contributed by atoms with E-state index < -0.39 is 63.4 Å². The van der Waals surface area contributed by atoms with E-state index in [4.69, 9.17) is 116 Å². The third-order valence-electron chi connectivity index (χ3n) is 17.5. The lowest BCUT2D eigenvalue weighted by atomic mass is 9.92. The molecule has 0 aromatic heterocycles. The average Bonchev–Trinajstić information content (AvgIpc) is 0.888. The molecule has 1 aromatic rings. The van der Waals surface area contributed by atoms with Gasteiger partial charge in [0.15, 0.2) is 0 Å². The zero-order valence-corrected chi connectivity index (χ0v) is 76.1. The number of hydrogen-bond donors (Lipinski definition) is 11. The fraction of sp³-hybridized carbons (Fsp3) is 0.744. The highest BCUT2D eigenvalue weighted by Gasteiger charge is 2.37. The van der Waals surface area contributed by atoms with E-state index in [0.717, 1.165) is 5.56 Å². The Hall–Kier alpha value is -9.10. The van der Waals surface area contributed by atoms with Crippen LogP contribution in [0.2, 0.25) is 0 Å². The van der Waals surface area contributed by atoms with Crippen molar-refractivity contribution in [3.05, 3.63) is 35.9 Å². The van der Waals surface area contributed by atoms with Gasteiger partial charge in [-0.1, -0.05) is 51.6 Å². The smallest absolute Gasteiger partial charge is 0.308 e. The summed E-state index contributed by atoms with van der Waals surface area (Å²) in [6.45, 7) is 8.85. The Morgan fingerprint density at radius 2 is 0.423 bits per heavy atom. The first-order valence-corrected chi connectivity index (χ1v) is 42.3. The molecule has 4 amide bonds. The largest absolute Gasteiger partial charge is 0.481 e. The molecule has 0 fully saturated rings. The number of Topliss-reactive ketones (excluding diaryl/α,β-unsaturated/α-hetero) is 4. The van der Waals surface area contributed by atoms with E-state index in [9.17, 15) is 76.7 Å². The Morgan fingerprint density at radius 3 is 0.592 bits per heavy atom. The number of aliphatic carboxylic acids is 7. The summed E-state index contributed by atoms with van der Waals surface area (Å²) < 4.78 is 94.8. The third kappa shape index (κ3) is 79.8. The van der Waals surface area contributed by atoms with Gasteiger partial charge in [-0.25, -0.2) is 0 Å². The predicted molar refractivity (Wildman–Crippen MR) is 461 cm³/mol. The monoisotopic (exact) mass is 1870 g/mol. The summed E-state index contributed by atoms with van der Waals surface area (Å²) >= 11 is 0. The van der Waals surface area contributed by atoms with Gasteiger partial charge in [-0.3, -0.25) is 76.7 Å². The van der Waals surface area contributed by atoms with E-state index in [2.05, 4.69) is 21.3 Å². The topological polar surface area (TPSA) is 620 Å². The molecule has 44 heteroatoms. The third-order valence-corrected chi connectivity index (χ3v) is 17.5. The first-order chi connectivity index (χ1) is 61.4. The summed E-state index contributed by atoms with van der Waals surface area (Å²) in [5.74, 6) is -8.07. The zero-order chi connectivity index (χ0) is 97.3. The lowest BCUT2D eigenvalue weighted by molar-refractivity contribution is -0.148. The van der Waals surface area contributed by atoms with E-state index >= 15 is 0 Å². The van der Waals surface area contributed by atoms with Gasteiger partial charge in [0, 0.05) is 92.4 Å². The molecule has 0 aliphatic heterocycles. The van der Waals surface area contributed by atoms with Gasteiger partial charge in [-0.15, -0.1) is 0 Å². The predicted octanol–water partition coefficient (Wildman–Crippen LogP) is 3.49. The Bertz CT molecular complexity index is 2890. The van der Waals surface area contributed by atoms with Gasteiger partial charge in [0.25, 0.3) is 0 Å². The fourth-order valence-corrected chi connectivity index (χ4v) is 10.0. The number of hydrogen-bond acceptors (Lipinski definition) is 33. The Morgan fingerprint density at radius 1 is 0.254 bits per heavy atom. The number of carbonyl (C=O) groups excluding carboxylic acids is 9. The van der Waals surface area contributed by atoms with Gasteiger partial charge in [0.1, 0.15) is 29.7 Å². The van der Waals surface area contributed by atoms with E-state index in [1.165, 1.54) is 27.9 Å². The second-order valence-corrected chi connectivity index (χ2v) is 29.6. The molecular formula is C86H146N4O40. The maximum absolute atomic E-state index is 12.2. The molecule has 0 radical (unpaired) electrons. The quantitative estimate of drug-likeness (QED) is 0.0328. The molecule has 0 bridgehead atoms. The van der Waals surface area contributed by atoms with Crippen LogP contribution in [0.1, 0.15) is 156 Å². The van der Waals surface area contributed by atoms with Crippen LogP contribution in [0.25, 0.3) is 0 Å². The summed E-state index contributed by atoms with van der Waals surface area (Å²) in [6, 6.07) is 9.39. The van der Waals surface area contributed by atoms with Gasteiger partial charge in [-0.05, 0) is 19.4 Å². The van der Waals surface area contributed by atoms with E-state index in [1.807, 2.05) is 30.3 Å². The summed E-state index contributed by atoms with van der Waals surface area (Å²) in [5.41, 5.74) is -2.56. The first kappa shape index (κ1) is 127. The highest BCUT2D eigenvalue weighted by molar-refractivity contribution is 5.79. The SMILES string of the molecule is C.CC(=O)CCOCC(COCCC(=O)O)(COCCC(=O)O)COCCC(=O)O.CC(=O)CCOCC(COCCC(=O)O)(COCCC(=O)O)COCCC(=O)O.CCC(=O)CCOCC(COCCC(=O)NC)(COCCC(=O)NC)COCCC(=O)OCc1ccccc1.CCC(=O)CCOCC(COCCC(=O)O)(COCCC(=O)NC)COCCC(=O)NC. The van der Waals surface area contributed by atoms with Crippen molar-refractivity contribution in [1.82, 2.24) is 21.3 Å². The van der Waals surface area contributed by atoms with Crippen LogP contribution in [-0.2, 0) is 164 Å². The van der Waals surface area contributed by atoms with Gasteiger partial charge in [0.2, 0.25) is 23.6 Å². The van der Waals surface area contributed by atoms with Crippen molar-refractivity contribution in [3.63, 3.8) is 0 Å². The molecule has 0 heterocycles. The van der Waals surface area contributed by atoms with E-state index in [1.54, 1.807) is 27.9 Å². The normalized spacial score (nSPS) is 11.2. The minimum absolute atomic E-state index is 0. The molecule has 0 atom stereocenters. The molecule has 750 valence electrons. The van der Waals surface area contributed by atoms with Crippen LogP contribution in [0.4, 0.5) is 0 Å². The van der Waals surface area contributed by atoms with Gasteiger partial charge in [-0.2, -0.15) is 0 Å².